The molecule has 0 amide bonds. The van der Waals surface area contributed by atoms with E-state index in [9.17, 15) is 9.59 Å². The van der Waals surface area contributed by atoms with Crippen molar-refractivity contribution in [3.05, 3.63) is 28.8 Å². The molecule has 20 heavy (non-hydrogen) atoms. The minimum absolute atomic E-state index is 0.0929. The third-order valence-electron chi connectivity index (χ3n) is 2.37. The summed E-state index contributed by atoms with van der Waals surface area (Å²) >= 11 is 1.12. The number of nitrogens with zero attached hydrogens (tertiary/aromatic N) is 2. The number of hydrogen-bond acceptors (Lipinski definition) is 6. The molecule has 0 saturated carbocycles. The maximum absolute atomic E-state index is 11.2. The van der Waals surface area contributed by atoms with Crippen LogP contribution in [-0.4, -0.2) is 39.0 Å². The summed E-state index contributed by atoms with van der Waals surface area (Å²) in [5.74, 6) is -2.29. The van der Waals surface area contributed by atoms with Crippen LogP contribution >= 0.6 is 11.3 Å². The van der Waals surface area contributed by atoms with E-state index in [0.29, 0.717) is 10.2 Å². The summed E-state index contributed by atoms with van der Waals surface area (Å²) in [6.45, 7) is 1.55. The van der Waals surface area contributed by atoms with Gasteiger partial charge in [-0.05, 0) is 25.1 Å². The Bertz CT molecular complexity index is 721. The lowest BCUT2D eigenvalue weighted by molar-refractivity contribution is -0.129. The topological polar surface area (TPSA) is 126 Å². The van der Waals surface area contributed by atoms with Gasteiger partial charge in [0.05, 0.1) is 21.9 Å². The molecule has 0 aliphatic rings. The number of hydrogen-bond donors (Lipinski definition) is 3. The van der Waals surface area contributed by atoms with Crippen LogP contribution in [0.2, 0.25) is 0 Å². The average Bonchev–Trinajstić information content (AvgIpc) is 2.77. The molecule has 0 fully saturated rings. The fourth-order valence-corrected chi connectivity index (χ4v) is 2.50. The van der Waals surface area contributed by atoms with Gasteiger partial charge in [0.15, 0.2) is 5.71 Å². The van der Waals surface area contributed by atoms with E-state index < -0.39 is 18.1 Å². The first-order chi connectivity index (χ1) is 9.38. The van der Waals surface area contributed by atoms with E-state index in [4.69, 9.17) is 15.9 Å². The molecule has 2 rings (SSSR count). The van der Waals surface area contributed by atoms with Crippen molar-refractivity contribution >= 4 is 39.2 Å². The molecule has 1 aromatic heterocycles. The summed E-state index contributed by atoms with van der Waals surface area (Å²) in [7, 11) is 0. The van der Waals surface area contributed by atoms with Crippen LogP contribution in [0, 0.1) is 0 Å². The minimum Gasteiger partial charge on any atom is -0.478 e. The number of nitrogens with two attached hydrogens (primary N) is 1. The highest BCUT2D eigenvalue weighted by atomic mass is 32.1. The van der Waals surface area contributed by atoms with Gasteiger partial charge in [-0.15, -0.1) is 11.3 Å². The molecule has 104 valence electrons. The molecule has 0 aliphatic heterocycles. The lowest BCUT2D eigenvalue weighted by atomic mass is 10.2. The zero-order valence-electron chi connectivity index (χ0n) is 10.4. The number of fused-ring (bicyclic) bond motifs is 1. The van der Waals surface area contributed by atoms with E-state index in [1.807, 2.05) is 0 Å². The van der Waals surface area contributed by atoms with Gasteiger partial charge in [-0.2, -0.15) is 0 Å². The van der Waals surface area contributed by atoms with Crippen molar-refractivity contribution in [3.63, 3.8) is 0 Å². The number of carboxylic acids is 2. The Kier molecular flexibility index (Phi) is 3.77. The van der Waals surface area contributed by atoms with E-state index in [-0.39, 0.29) is 16.3 Å². The SMILES string of the molecule is CC(N)N=C(C(=O)O)c1nc2cc(C(=O)O)ccc2s1. The quantitative estimate of drug-likeness (QED) is 0.726. The van der Waals surface area contributed by atoms with Gasteiger partial charge in [-0.3, -0.25) is 4.99 Å². The van der Waals surface area contributed by atoms with Crippen LogP contribution < -0.4 is 5.73 Å². The number of aliphatic imine (C=N–C) groups is 1. The van der Waals surface area contributed by atoms with Crippen LogP contribution in [0.25, 0.3) is 10.2 Å². The van der Waals surface area contributed by atoms with Crippen LogP contribution in [-0.2, 0) is 4.79 Å². The normalized spacial score (nSPS) is 13.4. The molecule has 8 heteroatoms. The van der Waals surface area contributed by atoms with Crippen molar-refractivity contribution in [1.29, 1.82) is 0 Å². The monoisotopic (exact) mass is 293 g/mol. The standard InChI is InChI=1S/C12H11N3O4S/c1-5(13)14-9(12(18)19)10-15-7-4-6(11(16)17)2-3-8(7)20-10/h2-5H,13H2,1H3,(H,16,17)(H,18,19). The fourth-order valence-electron chi connectivity index (χ4n) is 1.57. The molecule has 0 spiro atoms. The molecule has 7 nitrogen and oxygen atoms in total. The molecule has 0 radical (unpaired) electrons. The number of benzene rings is 1. The molecular weight excluding hydrogens is 282 g/mol. The van der Waals surface area contributed by atoms with Gasteiger partial charge >= 0.3 is 11.9 Å². The highest BCUT2D eigenvalue weighted by molar-refractivity contribution is 7.21. The van der Waals surface area contributed by atoms with E-state index in [1.165, 1.54) is 12.1 Å². The van der Waals surface area contributed by atoms with Crippen LogP contribution in [0.15, 0.2) is 23.2 Å². The molecule has 1 heterocycles. The maximum atomic E-state index is 11.2. The highest BCUT2D eigenvalue weighted by Gasteiger charge is 2.18. The van der Waals surface area contributed by atoms with Gasteiger partial charge in [-0.1, -0.05) is 0 Å². The van der Waals surface area contributed by atoms with Gasteiger partial charge in [0.2, 0.25) is 0 Å². The van der Waals surface area contributed by atoms with Gasteiger partial charge in [0.25, 0.3) is 0 Å². The lowest BCUT2D eigenvalue weighted by Crippen LogP contribution is -2.21. The Morgan fingerprint density at radius 1 is 1.40 bits per heavy atom. The molecule has 0 aliphatic carbocycles. The lowest BCUT2D eigenvalue weighted by Gasteiger charge is -1.99. The number of aliphatic carboxylic acids is 1. The van der Waals surface area contributed by atoms with E-state index in [2.05, 4.69) is 9.98 Å². The van der Waals surface area contributed by atoms with Crippen molar-refractivity contribution < 1.29 is 19.8 Å². The Morgan fingerprint density at radius 2 is 2.10 bits per heavy atom. The second-order valence-corrected chi connectivity index (χ2v) is 5.06. The number of thiazole rings is 1. The largest absolute Gasteiger partial charge is 0.478 e. The summed E-state index contributed by atoms with van der Waals surface area (Å²) in [6, 6.07) is 4.42. The summed E-state index contributed by atoms with van der Waals surface area (Å²) in [5.41, 5.74) is 5.76. The van der Waals surface area contributed by atoms with Crippen LogP contribution in [0.4, 0.5) is 0 Å². The Morgan fingerprint density at radius 3 is 2.65 bits per heavy atom. The number of carboxylic acid groups (broad SMARTS) is 2. The molecule has 1 aromatic carbocycles. The van der Waals surface area contributed by atoms with Crippen molar-refractivity contribution in [2.45, 2.75) is 13.1 Å². The Balaban J connectivity index is 2.55. The first kappa shape index (κ1) is 14.1. The van der Waals surface area contributed by atoms with Crippen molar-refractivity contribution in [2.75, 3.05) is 0 Å². The number of aromatic nitrogens is 1. The molecule has 1 unspecified atom stereocenters. The number of rotatable bonds is 4. The average molecular weight is 293 g/mol. The minimum atomic E-state index is -1.22. The van der Waals surface area contributed by atoms with E-state index >= 15 is 0 Å². The molecule has 2 aromatic rings. The number of aromatic carboxylic acids is 1. The second kappa shape index (κ2) is 5.35. The highest BCUT2D eigenvalue weighted by Crippen LogP contribution is 2.24. The van der Waals surface area contributed by atoms with Crippen LogP contribution in [0.1, 0.15) is 22.3 Å². The van der Waals surface area contributed by atoms with Crippen LogP contribution in [0.5, 0.6) is 0 Å². The van der Waals surface area contributed by atoms with Gasteiger partial charge in [0.1, 0.15) is 5.01 Å². The first-order valence-corrected chi connectivity index (χ1v) is 6.41. The zero-order chi connectivity index (χ0) is 14.9. The predicted octanol–water partition coefficient (Wildman–Crippen LogP) is 1.17. The molecule has 0 bridgehead atoms. The fraction of sp³-hybridized carbons (Fsp3) is 0.167. The second-order valence-electron chi connectivity index (χ2n) is 4.03. The first-order valence-electron chi connectivity index (χ1n) is 5.59. The predicted molar refractivity (Wildman–Crippen MR) is 74.4 cm³/mol. The zero-order valence-corrected chi connectivity index (χ0v) is 11.2. The molecule has 0 saturated heterocycles. The molecule has 4 N–H and O–H groups in total. The smallest absolute Gasteiger partial charge is 0.357 e. The van der Waals surface area contributed by atoms with Crippen molar-refractivity contribution in [2.24, 2.45) is 10.7 Å². The Hall–Kier alpha value is -2.32. The van der Waals surface area contributed by atoms with E-state index in [1.54, 1.807) is 13.0 Å². The van der Waals surface area contributed by atoms with E-state index in [0.717, 1.165) is 11.3 Å². The number of carbonyl (C=O) groups is 2. The van der Waals surface area contributed by atoms with Gasteiger partial charge in [-0.25, -0.2) is 14.6 Å². The maximum Gasteiger partial charge on any atom is 0.357 e. The summed E-state index contributed by atoms with van der Waals surface area (Å²) in [6.07, 6.45) is -0.664. The van der Waals surface area contributed by atoms with Crippen molar-refractivity contribution in [1.82, 2.24) is 4.98 Å². The molecular formula is C12H11N3O4S. The third-order valence-corrected chi connectivity index (χ3v) is 3.42. The Labute approximate surface area is 117 Å². The summed E-state index contributed by atoms with van der Waals surface area (Å²) < 4.78 is 0.684. The third kappa shape index (κ3) is 2.81. The summed E-state index contributed by atoms with van der Waals surface area (Å²) in [5, 5.41) is 18.2. The summed E-state index contributed by atoms with van der Waals surface area (Å²) in [4.78, 5) is 30.0. The van der Waals surface area contributed by atoms with Gasteiger partial charge < -0.3 is 15.9 Å². The van der Waals surface area contributed by atoms with Crippen LogP contribution in [0.3, 0.4) is 0 Å². The van der Waals surface area contributed by atoms with Crippen molar-refractivity contribution in [3.8, 4) is 0 Å². The van der Waals surface area contributed by atoms with Gasteiger partial charge in [0, 0.05) is 0 Å². The molecule has 1 atom stereocenters.